The van der Waals surface area contributed by atoms with Crippen molar-refractivity contribution in [2.75, 3.05) is 0 Å². The molecule has 0 saturated carbocycles. The van der Waals surface area contributed by atoms with E-state index in [0.717, 1.165) is 31.4 Å². The molecule has 108 valence electrons. The summed E-state index contributed by atoms with van der Waals surface area (Å²) in [6.45, 7) is 4.32. The molecule has 0 amide bonds. The number of aryl methyl sites for hydroxylation is 3. The Labute approximate surface area is 121 Å². The first-order valence-corrected chi connectivity index (χ1v) is 7.39. The van der Waals surface area contributed by atoms with Crippen LogP contribution in [-0.2, 0) is 6.42 Å². The molecule has 3 heteroatoms. The van der Waals surface area contributed by atoms with Gasteiger partial charge in [-0.05, 0) is 44.2 Å². The maximum atomic E-state index is 9.93. The molecule has 3 nitrogen and oxygen atoms in total. The molecular formula is C17H24N2O. The number of aromatic nitrogens is 2. The number of aromatic amines is 1. The average molecular weight is 272 g/mol. The zero-order valence-electron chi connectivity index (χ0n) is 12.4. The van der Waals surface area contributed by atoms with Crippen LogP contribution in [0.2, 0.25) is 0 Å². The van der Waals surface area contributed by atoms with Crippen LogP contribution in [0.25, 0.3) is 0 Å². The standard InChI is InChI=1S/C17H24N2O/c1-13-8-9-15(14(2)10-13)6-4-3-5-7-17(20)16-11-18-12-19-16/h8-12,17,20H,3-7H2,1-2H3,(H,18,19). The maximum absolute atomic E-state index is 9.93. The molecule has 0 saturated heterocycles. The Balaban J connectivity index is 1.66. The molecule has 0 aliphatic heterocycles. The normalized spacial score (nSPS) is 12.6. The molecule has 0 bridgehead atoms. The van der Waals surface area contributed by atoms with Crippen molar-refractivity contribution in [1.82, 2.24) is 9.97 Å². The first-order chi connectivity index (χ1) is 9.66. The van der Waals surface area contributed by atoms with Gasteiger partial charge in [0.05, 0.1) is 24.3 Å². The fourth-order valence-corrected chi connectivity index (χ4v) is 2.56. The van der Waals surface area contributed by atoms with Crippen LogP contribution < -0.4 is 0 Å². The summed E-state index contributed by atoms with van der Waals surface area (Å²) in [7, 11) is 0. The summed E-state index contributed by atoms with van der Waals surface area (Å²) >= 11 is 0. The van der Waals surface area contributed by atoms with Crippen LogP contribution in [0.15, 0.2) is 30.7 Å². The number of aliphatic hydroxyl groups excluding tert-OH is 1. The van der Waals surface area contributed by atoms with Crippen LogP contribution in [0.4, 0.5) is 0 Å². The maximum Gasteiger partial charge on any atom is 0.0953 e. The van der Waals surface area contributed by atoms with Gasteiger partial charge < -0.3 is 10.1 Å². The van der Waals surface area contributed by atoms with Crippen molar-refractivity contribution in [3.8, 4) is 0 Å². The van der Waals surface area contributed by atoms with Gasteiger partial charge >= 0.3 is 0 Å². The fourth-order valence-electron chi connectivity index (χ4n) is 2.56. The van der Waals surface area contributed by atoms with E-state index in [0.29, 0.717) is 0 Å². The summed E-state index contributed by atoms with van der Waals surface area (Å²) in [6.07, 6.45) is 8.21. The smallest absolute Gasteiger partial charge is 0.0953 e. The summed E-state index contributed by atoms with van der Waals surface area (Å²) in [4.78, 5) is 6.88. The molecule has 0 aliphatic carbocycles. The van der Waals surface area contributed by atoms with Crippen LogP contribution in [0.1, 0.15) is 54.2 Å². The Hall–Kier alpha value is -1.61. The molecule has 1 aromatic heterocycles. The molecule has 1 unspecified atom stereocenters. The second-order valence-corrected chi connectivity index (χ2v) is 5.55. The molecule has 1 heterocycles. The van der Waals surface area contributed by atoms with Gasteiger partial charge in [-0.1, -0.05) is 36.6 Å². The van der Waals surface area contributed by atoms with E-state index < -0.39 is 6.10 Å². The number of nitrogens with one attached hydrogen (secondary N) is 1. The summed E-state index contributed by atoms with van der Waals surface area (Å²) in [5.74, 6) is 0. The predicted octanol–water partition coefficient (Wildman–Crippen LogP) is 3.86. The van der Waals surface area contributed by atoms with Crippen molar-refractivity contribution in [2.24, 2.45) is 0 Å². The summed E-state index contributed by atoms with van der Waals surface area (Å²) in [5, 5.41) is 9.93. The number of unbranched alkanes of at least 4 members (excludes halogenated alkanes) is 2. The minimum Gasteiger partial charge on any atom is -0.387 e. The number of imidazole rings is 1. The lowest BCUT2D eigenvalue weighted by atomic mass is 9.99. The highest BCUT2D eigenvalue weighted by atomic mass is 16.3. The molecule has 0 fully saturated rings. The third kappa shape index (κ3) is 4.20. The molecule has 2 rings (SSSR count). The SMILES string of the molecule is Cc1ccc(CCCCCC(O)c2cnc[nH]2)c(C)c1. The Morgan fingerprint density at radius 1 is 1.20 bits per heavy atom. The van der Waals surface area contributed by atoms with E-state index in [1.54, 1.807) is 12.5 Å². The molecule has 20 heavy (non-hydrogen) atoms. The average Bonchev–Trinajstić information content (AvgIpc) is 2.94. The number of rotatable bonds is 7. The van der Waals surface area contributed by atoms with Crippen molar-refractivity contribution >= 4 is 0 Å². The van der Waals surface area contributed by atoms with E-state index in [4.69, 9.17) is 0 Å². The minimum atomic E-state index is -0.404. The molecule has 2 aromatic rings. The van der Waals surface area contributed by atoms with Gasteiger partial charge in [0.15, 0.2) is 0 Å². The zero-order valence-corrected chi connectivity index (χ0v) is 12.4. The quantitative estimate of drug-likeness (QED) is 0.752. The van der Waals surface area contributed by atoms with E-state index >= 15 is 0 Å². The van der Waals surface area contributed by atoms with Crippen LogP contribution in [0, 0.1) is 13.8 Å². The molecule has 0 spiro atoms. The first kappa shape index (κ1) is 14.8. The van der Waals surface area contributed by atoms with Crippen molar-refractivity contribution < 1.29 is 5.11 Å². The lowest BCUT2D eigenvalue weighted by Crippen LogP contribution is -1.98. The summed E-state index contributed by atoms with van der Waals surface area (Å²) in [6, 6.07) is 6.67. The van der Waals surface area contributed by atoms with E-state index in [1.807, 2.05) is 0 Å². The van der Waals surface area contributed by atoms with E-state index in [2.05, 4.69) is 42.0 Å². The van der Waals surface area contributed by atoms with Gasteiger partial charge in [0.1, 0.15) is 0 Å². The van der Waals surface area contributed by atoms with Gasteiger partial charge in [-0.25, -0.2) is 4.98 Å². The van der Waals surface area contributed by atoms with Gasteiger partial charge in [-0.2, -0.15) is 0 Å². The Morgan fingerprint density at radius 3 is 2.75 bits per heavy atom. The number of benzene rings is 1. The Bertz CT molecular complexity index is 520. The van der Waals surface area contributed by atoms with Gasteiger partial charge in [0.2, 0.25) is 0 Å². The van der Waals surface area contributed by atoms with Crippen molar-refractivity contribution in [3.63, 3.8) is 0 Å². The van der Waals surface area contributed by atoms with E-state index in [9.17, 15) is 5.11 Å². The summed E-state index contributed by atoms with van der Waals surface area (Å²) < 4.78 is 0. The molecule has 2 N–H and O–H groups in total. The van der Waals surface area contributed by atoms with E-state index in [-0.39, 0.29) is 0 Å². The van der Waals surface area contributed by atoms with Gasteiger partial charge in [-0.3, -0.25) is 0 Å². The van der Waals surface area contributed by atoms with Crippen molar-refractivity contribution in [1.29, 1.82) is 0 Å². The van der Waals surface area contributed by atoms with E-state index in [1.165, 1.54) is 23.1 Å². The van der Waals surface area contributed by atoms with Crippen LogP contribution in [-0.4, -0.2) is 15.1 Å². The van der Waals surface area contributed by atoms with Gasteiger partial charge in [0, 0.05) is 0 Å². The topological polar surface area (TPSA) is 48.9 Å². The fraction of sp³-hybridized carbons (Fsp3) is 0.471. The molecule has 0 radical (unpaired) electrons. The van der Waals surface area contributed by atoms with Gasteiger partial charge in [-0.15, -0.1) is 0 Å². The zero-order chi connectivity index (χ0) is 14.4. The van der Waals surface area contributed by atoms with Crippen molar-refractivity contribution in [3.05, 3.63) is 53.1 Å². The highest BCUT2D eigenvalue weighted by Crippen LogP contribution is 2.18. The number of hydrogen-bond acceptors (Lipinski definition) is 2. The second-order valence-electron chi connectivity index (χ2n) is 5.55. The third-order valence-corrected chi connectivity index (χ3v) is 3.80. The first-order valence-electron chi connectivity index (χ1n) is 7.39. The molecule has 1 aromatic carbocycles. The lowest BCUT2D eigenvalue weighted by Gasteiger charge is -2.09. The molecule has 0 aliphatic rings. The summed E-state index contributed by atoms with van der Waals surface area (Å²) in [5.41, 5.74) is 4.99. The number of nitrogens with zero attached hydrogens (tertiary/aromatic N) is 1. The third-order valence-electron chi connectivity index (χ3n) is 3.80. The van der Waals surface area contributed by atoms with Crippen LogP contribution >= 0.6 is 0 Å². The number of H-pyrrole nitrogens is 1. The highest BCUT2D eigenvalue weighted by molar-refractivity contribution is 5.30. The monoisotopic (exact) mass is 272 g/mol. The largest absolute Gasteiger partial charge is 0.387 e. The predicted molar refractivity (Wildman–Crippen MR) is 81.6 cm³/mol. The van der Waals surface area contributed by atoms with Crippen molar-refractivity contribution in [2.45, 2.75) is 52.1 Å². The van der Waals surface area contributed by atoms with Gasteiger partial charge in [0.25, 0.3) is 0 Å². The minimum absolute atomic E-state index is 0.404. The van der Waals surface area contributed by atoms with Crippen LogP contribution in [0.5, 0.6) is 0 Å². The van der Waals surface area contributed by atoms with Crippen LogP contribution in [0.3, 0.4) is 0 Å². The molecule has 1 atom stereocenters. The Morgan fingerprint density at radius 2 is 2.05 bits per heavy atom. The number of hydrogen-bond donors (Lipinski definition) is 2. The second kappa shape index (κ2) is 7.25. The highest BCUT2D eigenvalue weighted by Gasteiger charge is 2.08. The molecular weight excluding hydrogens is 248 g/mol. The lowest BCUT2D eigenvalue weighted by molar-refractivity contribution is 0.159. The number of aliphatic hydroxyl groups is 1. The Kier molecular flexibility index (Phi) is 5.36.